The lowest BCUT2D eigenvalue weighted by molar-refractivity contribution is -0.145. The highest BCUT2D eigenvalue weighted by atomic mass is 16.6. The molecule has 8 amide bonds. The Morgan fingerprint density at radius 3 is 0.493 bits per heavy atom. The lowest BCUT2D eigenvalue weighted by Crippen LogP contribution is -2.44. The highest BCUT2D eigenvalue weighted by Crippen LogP contribution is 2.45. The summed E-state index contributed by atoms with van der Waals surface area (Å²) in [5.74, 6) is -11.1. The predicted octanol–water partition coefficient (Wildman–Crippen LogP) is -1.01. The fourth-order valence-electron chi connectivity index (χ4n) is 20.2. The van der Waals surface area contributed by atoms with Gasteiger partial charge in [-0.15, -0.1) is 0 Å². The first-order chi connectivity index (χ1) is 70.1. The van der Waals surface area contributed by atoms with Crippen LogP contribution in [0.25, 0.3) is 0 Å². The summed E-state index contributed by atoms with van der Waals surface area (Å²) in [4.78, 5) is 226. The van der Waals surface area contributed by atoms with E-state index in [-0.39, 0.29) is 308 Å². The largest absolute Gasteiger partial charge is 0.491 e. The highest BCUT2D eigenvalue weighted by Gasteiger charge is 2.44. The molecule has 12 atom stereocenters. The molecule has 0 aliphatic carbocycles. The molecule has 8 aliphatic heterocycles. The average Bonchev–Trinajstić information content (AvgIpc) is 1.02. The van der Waals surface area contributed by atoms with Crippen LogP contribution in [0.3, 0.4) is 0 Å². The van der Waals surface area contributed by atoms with Gasteiger partial charge in [-0.1, -0.05) is 48.5 Å². The molecule has 0 saturated carbocycles. The van der Waals surface area contributed by atoms with Gasteiger partial charge in [-0.2, -0.15) is 0 Å². The molecule has 44 heteroatoms. The van der Waals surface area contributed by atoms with Gasteiger partial charge in [0.25, 0.3) is 0 Å². The van der Waals surface area contributed by atoms with Crippen molar-refractivity contribution in [2.45, 2.75) is 87.6 Å². The monoisotopic (exact) mass is 2040 g/mol. The zero-order valence-electron chi connectivity index (χ0n) is 84.2. The van der Waals surface area contributed by atoms with Crippen molar-refractivity contribution in [2.24, 2.45) is 47.3 Å². The maximum atomic E-state index is 13.2. The van der Waals surface area contributed by atoms with E-state index in [0.717, 1.165) is 22.3 Å². The number of aliphatic hydroxyl groups excluding tert-OH is 4. The summed E-state index contributed by atoms with van der Waals surface area (Å²) in [6, 6.07) is 29.1. The summed E-state index contributed by atoms with van der Waals surface area (Å²) in [6.45, 7) is 3.48. The van der Waals surface area contributed by atoms with Crippen LogP contribution in [0.1, 0.15) is 85.5 Å². The molecule has 12 unspecified atom stereocenters. The van der Waals surface area contributed by atoms with E-state index in [4.69, 9.17) is 56.8 Å². The minimum atomic E-state index is -1.15. The van der Waals surface area contributed by atoms with E-state index in [1.807, 2.05) is 68.1 Å². The first-order valence-corrected chi connectivity index (χ1v) is 49.5. The molecule has 44 nitrogen and oxygen atoms in total. The summed E-state index contributed by atoms with van der Waals surface area (Å²) < 4.78 is 65.2. The lowest BCUT2D eigenvalue weighted by Gasteiger charge is -2.31. The summed E-state index contributed by atoms with van der Waals surface area (Å²) in [6.07, 6.45) is -4.82. The number of likely N-dealkylation sites (tertiary alicyclic amines) is 8. The topological polar surface area (TPSA) is 504 Å². The number of amides is 8. The van der Waals surface area contributed by atoms with Gasteiger partial charge >= 0.3 is 47.8 Å². The minimum Gasteiger partial charge on any atom is -0.491 e. The normalized spacial score (nSPS) is 21.4. The summed E-state index contributed by atoms with van der Waals surface area (Å²) in [5, 5.41) is 47.7. The predicted molar refractivity (Wildman–Crippen MR) is 515 cm³/mol. The number of carbonyl (C=O) groups is 16. The Kier molecular flexibility index (Phi) is 41.5. The molecule has 4 aromatic rings. The van der Waals surface area contributed by atoms with Crippen LogP contribution in [-0.4, -0.2) is 465 Å². The number of hydrogen-bond donors (Lipinski definition) is 4. The minimum absolute atomic E-state index is 0.00892. The molecule has 8 heterocycles. The van der Waals surface area contributed by atoms with Crippen LogP contribution in [-0.2, 0) is 115 Å². The SMILES string of the molecule is COC(=O)C1CC(=O)N(CCN(CCN2CC(C(=O)OC)CC2=O)CC(O)COc2ccc(C(c3ccc(OCC(O)CN(CCN4CC(C(=O)OC)CC4=O)CCN4CC(C(=O)OC)CC4=O)cc3)C(c3ccc(OCC(O)CN(CCN4CC(C(=O)OC)CC4=O)CCN4CC(C(=O)OC)CC4=O)cc3)c3ccc(OCC(O)CN(CCN4CC(C(=O)OC)CC4=O)CCN4CC(C(=O)OC)CC4=O)cc3)cc2)C1. The Bertz CT molecular complexity index is 4340. The van der Waals surface area contributed by atoms with Gasteiger partial charge in [-0.05, 0) is 70.8 Å². The van der Waals surface area contributed by atoms with E-state index in [1.54, 1.807) is 87.7 Å². The van der Waals surface area contributed by atoms with Crippen molar-refractivity contribution in [3.05, 3.63) is 119 Å². The van der Waals surface area contributed by atoms with Crippen LogP contribution < -0.4 is 18.9 Å². The van der Waals surface area contributed by atoms with Crippen molar-refractivity contribution in [3.63, 3.8) is 0 Å². The number of hydrogen-bond acceptors (Lipinski definition) is 36. The molecule has 12 rings (SSSR count). The lowest BCUT2D eigenvalue weighted by atomic mass is 9.73. The summed E-state index contributed by atoms with van der Waals surface area (Å²) >= 11 is 0. The number of ether oxygens (including phenoxy) is 12. The maximum absolute atomic E-state index is 13.2. The van der Waals surface area contributed by atoms with E-state index in [0.29, 0.717) is 23.0 Å². The highest BCUT2D eigenvalue weighted by molar-refractivity contribution is 5.92. The third kappa shape index (κ3) is 31.2. The van der Waals surface area contributed by atoms with Gasteiger partial charge in [0.2, 0.25) is 47.3 Å². The Morgan fingerprint density at radius 1 is 0.240 bits per heavy atom. The van der Waals surface area contributed by atoms with Crippen molar-refractivity contribution >= 4 is 95.0 Å². The second-order valence-corrected chi connectivity index (χ2v) is 38.4. The van der Waals surface area contributed by atoms with Crippen molar-refractivity contribution in [3.8, 4) is 23.0 Å². The number of nitrogens with zero attached hydrogens (tertiary/aromatic N) is 12. The fourth-order valence-corrected chi connectivity index (χ4v) is 20.2. The zero-order valence-corrected chi connectivity index (χ0v) is 84.2. The van der Waals surface area contributed by atoms with Crippen LogP contribution in [0.15, 0.2) is 97.1 Å². The molecule has 0 radical (unpaired) electrons. The molecular formula is C102H138N12O32. The molecule has 0 bridgehead atoms. The molecule has 8 saturated heterocycles. The van der Waals surface area contributed by atoms with Gasteiger partial charge in [0, 0.05) is 246 Å². The maximum Gasteiger partial charge on any atom is 0.310 e. The smallest absolute Gasteiger partial charge is 0.310 e. The van der Waals surface area contributed by atoms with Crippen LogP contribution in [0.5, 0.6) is 23.0 Å². The molecule has 4 N–H and O–H groups in total. The molecule has 146 heavy (non-hydrogen) atoms. The summed E-state index contributed by atoms with van der Waals surface area (Å²) in [5.41, 5.74) is 2.92. The van der Waals surface area contributed by atoms with E-state index < -0.39 is 131 Å². The van der Waals surface area contributed by atoms with Crippen LogP contribution in [0, 0.1) is 47.3 Å². The Hall–Kier alpha value is -12.7. The Labute approximate surface area is 847 Å². The van der Waals surface area contributed by atoms with E-state index in [2.05, 4.69) is 0 Å². The molecule has 8 fully saturated rings. The van der Waals surface area contributed by atoms with Gasteiger partial charge in [-0.3, -0.25) is 96.3 Å². The van der Waals surface area contributed by atoms with Crippen LogP contribution in [0.4, 0.5) is 0 Å². The van der Waals surface area contributed by atoms with E-state index in [1.165, 1.54) is 56.9 Å². The van der Waals surface area contributed by atoms with E-state index >= 15 is 0 Å². The number of methoxy groups -OCH3 is 8. The first-order valence-electron chi connectivity index (χ1n) is 49.5. The molecular weight excluding hydrogens is 1910 g/mol. The van der Waals surface area contributed by atoms with Gasteiger partial charge in [0.1, 0.15) is 73.8 Å². The number of benzene rings is 4. The zero-order chi connectivity index (χ0) is 105. The molecule has 4 aromatic carbocycles. The standard InChI is InChI=1S/C102H138N12O32/c1-135-95(127)69-41-85(119)107(49-69)33-25-103(26-34-108-50-70(42-86(108)120)96(128)136-2)57-77(115)61-143-81-17-9-65(10-18-81)93(66-11-19-82(20-12-66)144-62-78(116)58-104(27-35-109-51-71(43-87(109)121)97(129)137-3)28-36-110-52-72(44-88(110)122)98(130)138-4)94(67-13-21-83(22-14-67)145-63-79(117)59-105(29-37-111-53-73(45-89(111)123)99(131)139-5)30-38-112-54-74(46-90(112)124)100(132)140-6)68-15-23-84(24-16-68)146-64-80(118)60-106(31-39-113-55-75(47-91(113)125)101(133)141-7)32-40-114-56-76(48-92(114)126)102(134)142-8/h9-24,69-80,93-94,115-118H,25-64H2,1-8H3. The van der Waals surface area contributed by atoms with Crippen molar-refractivity contribution in [1.82, 2.24) is 58.8 Å². The van der Waals surface area contributed by atoms with Gasteiger partial charge in [0.05, 0.1) is 104 Å². The van der Waals surface area contributed by atoms with Crippen LogP contribution >= 0.6 is 0 Å². The van der Waals surface area contributed by atoms with Gasteiger partial charge in [-0.25, -0.2) is 0 Å². The fraction of sp³-hybridized carbons (Fsp3) is 0.608. The van der Waals surface area contributed by atoms with Crippen molar-refractivity contribution < 1.29 is 154 Å². The molecule has 0 aromatic heterocycles. The molecule has 0 spiro atoms. The van der Waals surface area contributed by atoms with E-state index in [9.17, 15) is 97.1 Å². The van der Waals surface area contributed by atoms with Crippen LogP contribution in [0.2, 0.25) is 0 Å². The Morgan fingerprint density at radius 2 is 0.370 bits per heavy atom. The second kappa shape index (κ2) is 54.1. The number of esters is 8. The Balaban J connectivity index is 0.832. The average molecular weight is 2040 g/mol. The third-order valence-electron chi connectivity index (χ3n) is 28.4. The second-order valence-electron chi connectivity index (χ2n) is 38.4. The summed E-state index contributed by atoms with van der Waals surface area (Å²) in [7, 11) is 10.1. The number of rotatable bonds is 57. The van der Waals surface area contributed by atoms with Crippen molar-refractivity contribution in [1.29, 1.82) is 0 Å². The number of carbonyl (C=O) groups excluding carboxylic acids is 16. The molecule has 798 valence electrons. The van der Waals surface area contributed by atoms with Crippen molar-refractivity contribution in [2.75, 3.05) is 267 Å². The number of aliphatic hydroxyl groups is 4. The first kappa shape index (κ1) is 112. The quantitative estimate of drug-likeness (QED) is 0.0304. The van der Waals surface area contributed by atoms with Gasteiger partial charge in [0.15, 0.2) is 0 Å². The third-order valence-corrected chi connectivity index (χ3v) is 28.4. The molecule has 8 aliphatic rings. The van der Waals surface area contributed by atoms with Gasteiger partial charge < -0.3 is 116 Å².